The van der Waals surface area contributed by atoms with Crippen LogP contribution in [0, 0.1) is 6.92 Å². The summed E-state index contributed by atoms with van der Waals surface area (Å²) in [4.78, 5) is 33.9. The molecule has 30 heavy (non-hydrogen) atoms. The number of aromatic nitrogens is 3. The third-order valence-electron chi connectivity index (χ3n) is 4.07. The number of carbonyl (C=O) groups excluding carboxylic acids is 2. The Morgan fingerprint density at radius 2 is 1.83 bits per heavy atom. The third kappa shape index (κ3) is 4.42. The smallest absolute Gasteiger partial charge is 0.358 e. The van der Waals surface area contributed by atoms with Gasteiger partial charge in [-0.2, -0.15) is 0 Å². The predicted octanol–water partition coefficient (Wildman–Crippen LogP) is 5.14. The first kappa shape index (κ1) is 22.1. The maximum Gasteiger partial charge on any atom is 0.358 e. The molecule has 0 bridgehead atoms. The summed E-state index contributed by atoms with van der Waals surface area (Å²) in [6.07, 6.45) is 1.47. The van der Waals surface area contributed by atoms with Crippen LogP contribution in [0.1, 0.15) is 54.2 Å². The molecule has 9 heteroatoms. The van der Waals surface area contributed by atoms with Gasteiger partial charge in [0.05, 0.1) is 23.0 Å². The molecule has 0 unspecified atom stereocenters. The van der Waals surface area contributed by atoms with Crippen molar-refractivity contribution in [2.24, 2.45) is 0 Å². The van der Waals surface area contributed by atoms with Crippen LogP contribution in [0.2, 0.25) is 10.0 Å². The zero-order valence-electron chi connectivity index (χ0n) is 17.2. The van der Waals surface area contributed by atoms with E-state index in [0.29, 0.717) is 27.0 Å². The van der Waals surface area contributed by atoms with Crippen LogP contribution in [-0.2, 0) is 9.47 Å². The lowest BCUT2D eigenvalue weighted by atomic mass is 10.0. The lowest BCUT2D eigenvalue weighted by molar-refractivity contribution is 0.00685. The number of rotatable bonds is 4. The van der Waals surface area contributed by atoms with Crippen LogP contribution in [0.4, 0.5) is 0 Å². The Morgan fingerprint density at radius 3 is 2.43 bits per heavy atom. The Balaban J connectivity index is 2.34. The fourth-order valence-electron chi connectivity index (χ4n) is 2.93. The number of aryl methyl sites for hydroxylation is 1. The second-order valence-corrected chi connectivity index (χ2v) is 8.41. The average Bonchev–Trinajstić information content (AvgIpc) is 3.03. The summed E-state index contributed by atoms with van der Waals surface area (Å²) < 4.78 is 12.2. The molecular formula is C21H21Cl2N3O4. The van der Waals surface area contributed by atoms with Gasteiger partial charge >= 0.3 is 11.9 Å². The van der Waals surface area contributed by atoms with Gasteiger partial charge in [-0.3, -0.25) is 4.40 Å². The predicted molar refractivity (Wildman–Crippen MR) is 114 cm³/mol. The van der Waals surface area contributed by atoms with Crippen molar-refractivity contribution < 1.29 is 19.1 Å². The Labute approximate surface area is 183 Å². The molecule has 3 rings (SSSR count). The zero-order valence-corrected chi connectivity index (χ0v) is 18.8. The third-order valence-corrected chi connectivity index (χ3v) is 4.62. The van der Waals surface area contributed by atoms with Crippen LogP contribution in [0.15, 0.2) is 24.4 Å². The summed E-state index contributed by atoms with van der Waals surface area (Å²) in [7, 11) is 0. The fraction of sp³-hybridized carbons (Fsp3) is 0.333. The van der Waals surface area contributed by atoms with E-state index in [1.165, 1.54) is 10.6 Å². The van der Waals surface area contributed by atoms with Gasteiger partial charge in [-0.15, -0.1) is 0 Å². The van der Waals surface area contributed by atoms with Crippen LogP contribution in [0.3, 0.4) is 0 Å². The van der Waals surface area contributed by atoms with Gasteiger partial charge in [0, 0.05) is 16.8 Å². The van der Waals surface area contributed by atoms with Gasteiger partial charge in [-0.25, -0.2) is 19.6 Å². The Kier molecular flexibility index (Phi) is 6.06. The molecule has 3 aromatic rings. The van der Waals surface area contributed by atoms with Gasteiger partial charge in [0.25, 0.3) is 0 Å². The van der Waals surface area contributed by atoms with Crippen molar-refractivity contribution in [3.8, 4) is 11.3 Å². The number of ether oxygens (including phenoxy) is 2. The van der Waals surface area contributed by atoms with Gasteiger partial charge in [0.2, 0.25) is 5.78 Å². The molecule has 0 spiro atoms. The number of nitrogens with zero attached hydrogens (tertiary/aromatic N) is 3. The molecule has 0 aliphatic heterocycles. The average molecular weight is 450 g/mol. The largest absolute Gasteiger partial charge is 0.461 e. The first-order chi connectivity index (χ1) is 14.0. The second-order valence-electron chi connectivity index (χ2n) is 7.56. The van der Waals surface area contributed by atoms with E-state index in [-0.39, 0.29) is 23.6 Å². The van der Waals surface area contributed by atoms with Crippen LogP contribution in [-0.4, -0.2) is 38.5 Å². The number of halogens is 2. The monoisotopic (exact) mass is 449 g/mol. The minimum absolute atomic E-state index is 0.0661. The maximum atomic E-state index is 13.1. The second kappa shape index (κ2) is 8.24. The van der Waals surface area contributed by atoms with Crippen molar-refractivity contribution in [2.45, 2.75) is 40.2 Å². The Hall–Kier alpha value is -2.64. The van der Waals surface area contributed by atoms with E-state index in [2.05, 4.69) is 9.97 Å². The quantitative estimate of drug-likeness (QED) is 0.512. The van der Waals surface area contributed by atoms with Gasteiger partial charge in [-0.1, -0.05) is 23.2 Å². The lowest BCUT2D eigenvalue weighted by Crippen LogP contribution is -2.25. The van der Waals surface area contributed by atoms with Crippen molar-refractivity contribution in [1.29, 1.82) is 0 Å². The SMILES string of the molecule is CCOC(=O)c1cn2c(-c3ccc(Cl)cc3Cl)c(C(=O)OC(C)(C)C)c(C)nc2n1. The van der Waals surface area contributed by atoms with Gasteiger partial charge in [-0.05, 0) is 52.8 Å². The zero-order chi connectivity index (χ0) is 22.2. The van der Waals surface area contributed by atoms with E-state index in [1.807, 2.05) is 0 Å². The van der Waals surface area contributed by atoms with E-state index in [1.54, 1.807) is 52.8 Å². The van der Waals surface area contributed by atoms with Crippen molar-refractivity contribution in [3.05, 3.63) is 51.4 Å². The highest BCUT2D eigenvalue weighted by Crippen LogP contribution is 2.35. The number of carbonyl (C=O) groups is 2. The summed E-state index contributed by atoms with van der Waals surface area (Å²) in [5.74, 6) is -0.932. The van der Waals surface area contributed by atoms with Crippen LogP contribution in [0.5, 0.6) is 0 Å². The maximum absolute atomic E-state index is 13.1. The standard InChI is InChI=1S/C21H21Cl2N3O4/c1-6-29-18(27)15-10-26-17(13-8-7-12(22)9-14(13)23)16(11(2)24-20(26)25-15)19(28)30-21(3,4)5/h7-10H,6H2,1-5H3. The molecule has 2 aromatic heterocycles. The van der Waals surface area contributed by atoms with E-state index >= 15 is 0 Å². The number of hydrogen-bond donors (Lipinski definition) is 0. The first-order valence-corrected chi connectivity index (χ1v) is 10.0. The fourth-order valence-corrected chi connectivity index (χ4v) is 3.43. The van der Waals surface area contributed by atoms with Crippen LogP contribution in [0.25, 0.3) is 17.0 Å². The van der Waals surface area contributed by atoms with Crippen LogP contribution >= 0.6 is 23.2 Å². The number of fused-ring (bicyclic) bond motifs is 1. The number of hydrogen-bond acceptors (Lipinski definition) is 6. The highest BCUT2D eigenvalue weighted by molar-refractivity contribution is 6.36. The summed E-state index contributed by atoms with van der Waals surface area (Å²) in [5.41, 5.74) is 0.872. The summed E-state index contributed by atoms with van der Waals surface area (Å²) >= 11 is 12.5. The molecule has 0 saturated carbocycles. The molecule has 0 amide bonds. The topological polar surface area (TPSA) is 82.8 Å². The molecule has 0 atom stereocenters. The van der Waals surface area contributed by atoms with Gasteiger partial charge in [0.1, 0.15) is 11.2 Å². The summed E-state index contributed by atoms with van der Waals surface area (Å²) in [6.45, 7) is 8.91. The van der Waals surface area contributed by atoms with E-state index in [9.17, 15) is 9.59 Å². The molecule has 1 aromatic carbocycles. The molecule has 158 valence electrons. The molecule has 0 aliphatic carbocycles. The molecule has 0 radical (unpaired) electrons. The molecule has 0 N–H and O–H groups in total. The van der Waals surface area contributed by atoms with E-state index in [0.717, 1.165) is 0 Å². The molecular weight excluding hydrogens is 429 g/mol. The highest BCUT2D eigenvalue weighted by Gasteiger charge is 2.28. The molecule has 0 saturated heterocycles. The Morgan fingerprint density at radius 1 is 1.13 bits per heavy atom. The molecule has 0 aliphatic rings. The van der Waals surface area contributed by atoms with Crippen molar-refractivity contribution in [1.82, 2.24) is 14.4 Å². The number of esters is 2. The minimum atomic E-state index is -0.718. The van der Waals surface area contributed by atoms with E-state index < -0.39 is 17.5 Å². The van der Waals surface area contributed by atoms with E-state index in [4.69, 9.17) is 32.7 Å². The minimum Gasteiger partial charge on any atom is -0.461 e. The summed E-state index contributed by atoms with van der Waals surface area (Å²) in [6, 6.07) is 4.92. The molecule has 0 fully saturated rings. The van der Waals surface area contributed by atoms with Crippen molar-refractivity contribution >= 4 is 40.9 Å². The first-order valence-electron chi connectivity index (χ1n) is 9.27. The Bertz CT molecular complexity index is 1150. The van der Waals surface area contributed by atoms with Crippen molar-refractivity contribution in [2.75, 3.05) is 6.61 Å². The highest BCUT2D eigenvalue weighted by atomic mass is 35.5. The lowest BCUT2D eigenvalue weighted by Gasteiger charge is -2.22. The summed E-state index contributed by atoms with van der Waals surface area (Å²) in [5, 5.41) is 0.771. The van der Waals surface area contributed by atoms with Gasteiger partial charge < -0.3 is 9.47 Å². The molecule has 7 nitrogen and oxygen atoms in total. The number of benzene rings is 1. The number of imidazole rings is 1. The van der Waals surface area contributed by atoms with Crippen LogP contribution < -0.4 is 0 Å². The van der Waals surface area contributed by atoms with Crippen molar-refractivity contribution in [3.63, 3.8) is 0 Å². The molecule has 2 heterocycles. The normalized spacial score (nSPS) is 11.6. The van der Waals surface area contributed by atoms with Gasteiger partial charge in [0.15, 0.2) is 5.69 Å².